The van der Waals surface area contributed by atoms with Crippen LogP contribution in [-0.4, -0.2) is 58.2 Å². The maximum absolute atomic E-state index is 12.8. The first kappa shape index (κ1) is 16.3. The van der Waals surface area contributed by atoms with Crippen molar-refractivity contribution in [2.24, 2.45) is 5.92 Å². The summed E-state index contributed by atoms with van der Waals surface area (Å²) in [5.41, 5.74) is 1.89. The van der Waals surface area contributed by atoms with Crippen LogP contribution in [0.4, 0.5) is 0 Å². The zero-order valence-electron chi connectivity index (χ0n) is 14.7. The van der Waals surface area contributed by atoms with Crippen molar-refractivity contribution in [3.05, 3.63) is 53.9 Å². The molecule has 0 atom stereocenters. The highest BCUT2D eigenvalue weighted by molar-refractivity contribution is 5.93. The molecule has 0 unspecified atom stereocenters. The molecule has 1 saturated carbocycles. The van der Waals surface area contributed by atoms with Crippen LogP contribution in [0, 0.1) is 5.92 Å². The first-order chi connectivity index (χ1) is 12.3. The molecule has 2 aliphatic rings. The van der Waals surface area contributed by atoms with E-state index in [9.17, 15) is 4.79 Å². The number of benzene rings is 1. The van der Waals surface area contributed by atoms with E-state index in [-0.39, 0.29) is 5.91 Å². The smallest absolute Gasteiger partial charge is 0.257 e. The number of nitrogens with zero attached hydrogens (tertiary/aromatic N) is 4. The van der Waals surface area contributed by atoms with Gasteiger partial charge in [0.2, 0.25) is 0 Å². The molecule has 2 heterocycles. The summed E-state index contributed by atoms with van der Waals surface area (Å²) in [5.74, 6) is 1.03. The number of aromatic nitrogens is 2. The Morgan fingerprint density at radius 2 is 1.92 bits per heavy atom. The van der Waals surface area contributed by atoms with Gasteiger partial charge in [-0.05, 0) is 37.3 Å². The van der Waals surface area contributed by atoms with E-state index >= 15 is 0 Å². The number of carbonyl (C=O) groups excluding carboxylic acids is 1. The lowest BCUT2D eigenvalue weighted by Crippen LogP contribution is -2.35. The van der Waals surface area contributed by atoms with Crippen LogP contribution in [0.2, 0.25) is 0 Å². The largest absolute Gasteiger partial charge is 0.337 e. The summed E-state index contributed by atoms with van der Waals surface area (Å²) in [6.45, 7) is 5.72. The molecular weight excluding hydrogens is 312 g/mol. The molecule has 0 radical (unpaired) electrons. The summed E-state index contributed by atoms with van der Waals surface area (Å²) < 4.78 is 1.85. The molecule has 1 amide bonds. The predicted molar refractivity (Wildman–Crippen MR) is 97.5 cm³/mol. The SMILES string of the molecule is O=C(c1cnn(Cc2ccccc2)c1)N1CCCN(CC2CC2)CC1. The third kappa shape index (κ3) is 4.28. The summed E-state index contributed by atoms with van der Waals surface area (Å²) in [6, 6.07) is 10.2. The van der Waals surface area contributed by atoms with Gasteiger partial charge >= 0.3 is 0 Å². The minimum atomic E-state index is 0.118. The molecule has 4 rings (SSSR count). The van der Waals surface area contributed by atoms with E-state index in [0.717, 1.165) is 38.5 Å². The first-order valence-corrected chi connectivity index (χ1v) is 9.36. The summed E-state index contributed by atoms with van der Waals surface area (Å²) in [6.07, 6.45) is 7.43. The zero-order valence-corrected chi connectivity index (χ0v) is 14.7. The fraction of sp³-hybridized carbons (Fsp3) is 0.500. The van der Waals surface area contributed by atoms with E-state index < -0.39 is 0 Å². The van der Waals surface area contributed by atoms with Gasteiger partial charge < -0.3 is 9.80 Å². The Morgan fingerprint density at radius 1 is 1.08 bits per heavy atom. The third-order valence-electron chi connectivity index (χ3n) is 5.16. The van der Waals surface area contributed by atoms with Crippen molar-refractivity contribution in [2.75, 3.05) is 32.7 Å². The van der Waals surface area contributed by atoms with Crippen LogP contribution in [0.25, 0.3) is 0 Å². The second-order valence-electron chi connectivity index (χ2n) is 7.30. The van der Waals surface area contributed by atoms with Crippen LogP contribution in [0.15, 0.2) is 42.7 Å². The molecule has 1 aromatic carbocycles. The monoisotopic (exact) mass is 338 g/mol. The van der Waals surface area contributed by atoms with Crippen molar-refractivity contribution in [1.29, 1.82) is 0 Å². The van der Waals surface area contributed by atoms with Gasteiger partial charge in [-0.1, -0.05) is 30.3 Å². The Morgan fingerprint density at radius 3 is 2.72 bits per heavy atom. The molecular formula is C20H26N4O. The molecule has 1 aliphatic carbocycles. The van der Waals surface area contributed by atoms with Crippen LogP contribution < -0.4 is 0 Å². The highest BCUT2D eigenvalue weighted by Gasteiger charge is 2.26. The summed E-state index contributed by atoms with van der Waals surface area (Å²) in [4.78, 5) is 17.3. The average molecular weight is 338 g/mol. The Hall–Kier alpha value is -2.14. The summed E-state index contributed by atoms with van der Waals surface area (Å²) >= 11 is 0. The Labute approximate surface area is 149 Å². The van der Waals surface area contributed by atoms with E-state index in [1.54, 1.807) is 6.20 Å². The third-order valence-corrected chi connectivity index (χ3v) is 5.16. The molecule has 1 saturated heterocycles. The van der Waals surface area contributed by atoms with Crippen LogP contribution in [0.1, 0.15) is 35.2 Å². The normalized spacial score (nSPS) is 19.0. The van der Waals surface area contributed by atoms with Gasteiger partial charge in [0.15, 0.2) is 0 Å². The molecule has 25 heavy (non-hydrogen) atoms. The Balaban J connectivity index is 1.35. The van der Waals surface area contributed by atoms with E-state index in [1.807, 2.05) is 34.0 Å². The van der Waals surface area contributed by atoms with Crippen LogP contribution in [-0.2, 0) is 6.54 Å². The van der Waals surface area contributed by atoms with Gasteiger partial charge in [0.25, 0.3) is 5.91 Å². The van der Waals surface area contributed by atoms with Crippen LogP contribution >= 0.6 is 0 Å². The highest BCUT2D eigenvalue weighted by Crippen LogP contribution is 2.30. The molecule has 5 nitrogen and oxygen atoms in total. The lowest BCUT2D eigenvalue weighted by molar-refractivity contribution is 0.0761. The van der Waals surface area contributed by atoms with E-state index in [0.29, 0.717) is 12.1 Å². The van der Waals surface area contributed by atoms with E-state index in [2.05, 4.69) is 22.1 Å². The molecule has 0 N–H and O–H groups in total. The molecule has 5 heteroatoms. The highest BCUT2D eigenvalue weighted by atomic mass is 16.2. The maximum Gasteiger partial charge on any atom is 0.257 e. The van der Waals surface area contributed by atoms with Gasteiger partial charge in [0.1, 0.15) is 0 Å². The van der Waals surface area contributed by atoms with E-state index in [1.165, 1.54) is 24.9 Å². The number of hydrogen-bond donors (Lipinski definition) is 0. The topological polar surface area (TPSA) is 41.4 Å². The molecule has 0 bridgehead atoms. The van der Waals surface area contributed by atoms with Crippen molar-refractivity contribution in [2.45, 2.75) is 25.8 Å². The van der Waals surface area contributed by atoms with E-state index in [4.69, 9.17) is 0 Å². The molecule has 2 aromatic rings. The minimum absolute atomic E-state index is 0.118. The molecule has 2 fully saturated rings. The van der Waals surface area contributed by atoms with Crippen molar-refractivity contribution < 1.29 is 4.79 Å². The quantitative estimate of drug-likeness (QED) is 0.841. The molecule has 1 aliphatic heterocycles. The van der Waals surface area contributed by atoms with Crippen molar-refractivity contribution in [1.82, 2.24) is 19.6 Å². The second kappa shape index (κ2) is 7.40. The predicted octanol–water partition coefficient (Wildman–Crippen LogP) is 2.49. The Bertz CT molecular complexity index is 707. The van der Waals surface area contributed by atoms with Gasteiger partial charge in [-0.3, -0.25) is 9.48 Å². The zero-order chi connectivity index (χ0) is 17.1. The second-order valence-corrected chi connectivity index (χ2v) is 7.30. The van der Waals surface area contributed by atoms with Gasteiger partial charge in [-0.25, -0.2) is 0 Å². The number of hydrogen-bond acceptors (Lipinski definition) is 3. The summed E-state index contributed by atoms with van der Waals surface area (Å²) in [7, 11) is 0. The lowest BCUT2D eigenvalue weighted by atomic mass is 10.2. The van der Waals surface area contributed by atoms with Gasteiger partial charge in [0.05, 0.1) is 18.3 Å². The van der Waals surface area contributed by atoms with Gasteiger partial charge in [0, 0.05) is 32.4 Å². The Kier molecular flexibility index (Phi) is 4.83. The number of carbonyl (C=O) groups is 1. The fourth-order valence-corrected chi connectivity index (χ4v) is 3.54. The molecule has 1 aromatic heterocycles. The van der Waals surface area contributed by atoms with Gasteiger partial charge in [-0.2, -0.15) is 5.10 Å². The first-order valence-electron chi connectivity index (χ1n) is 9.36. The molecule has 132 valence electrons. The van der Waals surface area contributed by atoms with Crippen molar-refractivity contribution in [3.63, 3.8) is 0 Å². The fourth-order valence-electron chi connectivity index (χ4n) is 3.54. The van der Waals surface area contributed by atoms with Crippen LogP contribution in [0.3, 0.4) is 0 Å². The van der Waals surface area contributed by atoms with Crippen LogP contribution in [0.5, 0.6) is 0 Å². The minimum Gasteiger partial charge on any atom is -0.337 e. The number of rotatable bonds is 5. The molecule has 0 spiro atoms. The lowest BCUT2D eigenvalue weighted by Gasteiger charge is -2.21. The average Bonchev–Trinajstić information content (AvgIpc) is 3.38. The van der Waals surface area contributed by atoms with Crippen molar-refractivity contribution in [3.8, 4) is 0 Å². The standard InChI is InChI=1S/C20H26N4O/c25-20(23-10-4-9-22(11-12-23)14-18-7-8-18)19-13-21-24(16-19)15-17-5-2-1-3-6-17/h1-3,5-6,13,16,18H,4,7-12,14-15H2. The maximum atomic E-state index is 12.8. The summed E-state index contributed by atoms with van der Waals surface area (Å²) in [5, 5.41) is 4.37. The van der Waals surface area contributed by atoms with Crippen molar-refractivity contribution >= 4 is 5.91 Å². The van der Waals surface area contributed by atoms with Gasteiger partial charge in [-0.15, -0.1) is 0 Å². The number of amides is 1.